The number of furan rings is 1. The maximum Gasteiger partial charge on any atom is 0.205 e. The first-order valence-electron chi connectivity index (χ1n) is 11.0. The lowest BCUT2D eigenvalue weighted by Crippen LogP contribution is -2.29. The standard InChI is InChI=1S/C24H26ClN5O3/c1-14(21-19(25)4-3-5-20(21)31-2)33-23-22-17(11-28-24(23)26)18(13-32-22)15-10-29-30(12-15)16-6-8-27-9-7-16/h3-5,10-14,16,27H,6-9H2,1-2H3,(H2,26,28). The zero-order chi connectivity index (χ0) is 22.9. The van der Waals surface area contributed by atoms with Crippen LogP contribution in [0.5, 0.6) is 11.5 Å². The monoisotopic (exact) mass is 467 g/mol. The van der Waals surface area contributed by atoms with Gasteiger partial charge in [-0.15, -0.1) is 0 Å². The molecule has 3 aromatic heterocycles. The summed E-state index contributed by atoms with van der Waals surface area (Å²) >= 11 is 6.43. The minimum Gasteiger partial charge on any atom is -0.496 e. The van der Waals surface area contributed by atoms with Crippen LogP contribution in [0.4, 0.5) is 5.82 Å². The molecule has 4 aromatic rings. The molecule has 0 amide bonds. The van der Waals surface area contributed by atoms with Gasteiger partial charge in [-0.3, -0.25) is 4.68 Å². The van der Waals surface area contributed by atoms with Crippen molar-refractivity contribution >= 4 is 28.4 Å². The van der Waals surface area contributed by atoms with Crippen LogP contribution in [-0.4, -0.2) is 35.0 Å². The van der Waals surface area contributed by atoms with Crippen LogP contribution in [0.1, 0.15) is 37.5 Å². The highest BCUT2D eigenvalue weighted by atomic mass is 35.5. The lowest BCUT2D eigenvalue weighted by Gasteiger charge is -2.22. The average molecular weight is 468 g/mol. The van der Waals surface area contributed by atoms with Crippen molar-refractivity contribution in [1.82, 2.24) is 20.1 Å². The van der Waals surface area contributed by atoms with Crippen molar-refractivity contribution in [2.24, 2.45) is 0 Å². The molecule has 0 bridgehead atoms. The van der Waals surface area contributed by atoms with E-state index in [4.69, 9.17) is 31.2 Å². The summed E-state index contributed by atoms with van der Waals surface area (Å²) in [4.78, 5) is 4.37. The topological polar surface area (TPSA) is 100 Å². The third kappa shape index (κ3) is 4.00. The highest BCUT2D eigenvalue weighted by Crippen LogP contribution is 2.41. The van der Waals surface area contributed by atoms with Gasteiger partial charge in [0.05, 0.1) is 35.3 Å². The average Bonchev–Trinajstić information content (AvgIpc) is 3.48. The lowest BCUT2D eigenvalue weighted by atomic mass is 10.1. The Morgan fingerprint density at radius 2 is 2.09 bits per heavy atom. The first kappa shape index (κ1) is 21.6. The van der Waals surface area contributed by atoms with Gasteiger partial charge >= 0.3 is 0 Å². The summed E-state index contributed by atoms with van der Waals surface area (Å²) in [7, 11) is 1.60. The predicted molar refractivity (Wildman–Crippen MR) is 128 cm³/mol. The van der Waals surface area contributed by atoms with Gasteiger partial charge in [0.25, 0.3) is 0 Å². The minimum atomic E-state index is -0.445. The quantitative estimate of drug-likeness (QED) is 0.411. The number of piperidine rings is 1. The van der Waals surface area contributed by atoms with Crippen molar-refractivity contribution < 1.29 is 13.9 Å². The van der Waals surface area contributed by atoms with Gasteiger partial charge in [0.1, 0.15) is 18.1 Å². The number of methoxy groups -OCH3 is 1. The fourth-order valence-electron chi connectivity index (χ4n) is 4.39. The molecule has 172 valence electrons. The van der Waals surface area contributed by atoms with E-state index in [0.717, 1.165) is 48.0 Å². The third-order valence-corrected chi connectivity index (χ3v) is 6.46. The Labute approximate surface area is 196 Å². The number of halogens is 1. The van der Waals surface area contributed by atoms with Crippen LogP contribution < -0.4 is 20.5 Å². The summed E-state index contributed by atoms with van der Waals surface area (Å²) in [5, 5.41) is 9.34. The lowest BCUT2D eigenvalue weighted by molar-refractivity contribution is 0.222. The second-order valence-corrected chi connectivity index (χ2v) is 8.58. The molecule has 3 N–H and O–H groups in total. The minimum absolute atomic E-state index is 0.242. The van der Waals surface area contributed by atoms with Crippen molar-refractivity contribution in [2.45, 2.75) is 31.9 Å². The fraction of sp³-hybridized carbons (Fsp3) is 0.333. The van der Waals surface area contributed by atoms with Crippen molar-refractivity contribution in [1.29, 1.82) is 0 Å². The van der Waals surface area contributed by atoms with Crippen LogP contribution in [0, 0.1) is 0 Å². The number of nitrogens with one attached hydrogen (secondary N) is 1. The summed E-state index contributed by atoms with van der Waals surface area (Å²) in [5.74, 6) is 1.25. The van der Waals surface area contributed by atoms with Crippen LogP contribution in [0.25, 0.3) is 22.1 Å². The van der Waals surface area contributed by atoms with E-state index in [1.54, 1.807) is 25.6 Å². The van der Waals surface area contributed by atoms with E-state index in [2.05, 4.69) is 21.6 Å². The van der Waals surface area contributed by atoms with E-state index in [0.29, 0.717) is 28.1 Å². The fourth-order valence-corrected chi connectivity index (χ4v) is 4.71. The maximum absolute atomic E-state index is 6.43. The Morgan fingerprint density at radius 3 is 2.88 bits per heavy atom. The molecule has 1 atom stereocenters. The third-order valence-electron chi connectivity index (χ3n) is 6.13. The van der Waals surface area contributed by atoms with Crippen LogP contribution in [0.3, 0.4) is 0 Å². The second-order valence-electron chi connectivity index (χ2n) is 8.17. The van der Waals surface area contributed by atoms with E-state index in [9.17, 15) is 0 Å². The van der Waals surface area contributed by atoms with Gasteiger partial charge in [-0.25, -0.2) is 4.98 Å². The molecule has 33 heavy (non-hydrogen) atoms. The molecule has 8 nitrogen and oxygen atoms in total. The molecular weight excluding hydrogens is 442 g/mol. The summed E-state index contributed by atoms with van der Waals surface area (Å²) in [6.07, 6.45) is 9.01. The number of nitrogen functional groups attached to an aromatic ring is 1. The SMILES string of the molecule is COc1cccc(Cl)c1C(C)Oc1c(N)ncc2c(-c3cnn(C4CCNCC4)c3)coc12. The number of hydrogen-bond acceptors (Lipinski definition) is 7. The van der Waals surface area contributed by atoms with Gasteiger partial charge in [-0.1, -0.05) is 17.7 Å². The number of ether oxygens (including phenoxy) is 2. The van der Waals surface area contributed by atoms with Crippen molar-refractivity contribution in [2.75, 3.05) is 25.9 Å². The van der Waals surface area contributed by atoms with Crippen molar-refractivity contribution in [3.05, 3.63) is 53.6 Å². The molecular formula is C24H26ClN5O3. The zero-order valence-electron chi connectivity index (χ0n) is 18.5. The van der Waals surface area contributed by atoms with Crippen LogP contribution >= 0.6 is 11.6 Å². The molecule has 0 radical (unpaired) electrons. The number of aromatic nitrogens is 3. The number of pyridine rings is 1. The number of rotatable bonds is 6. The van der Waals surface area contributed by atoms with Crippen LogP contribution in [0.2, 0.25) is 5.02 Å². The largest absolute Gasteiger partial charge is 0.496 e. The number of nitrogens with zero attached hydrogens (tertiary/aromatic N) is 3. The first-order chi connectivity index (χ1) is 16.1. The Morgan fingerprint density at radius 1 is 1.27 bits per heavy atom. The molecule has 9 heteroatoms. The number of nitrogens with two attached hydrogens (primary N) is 1. The summed E-state index contributed by atoms with van der Waals surface area (Å²) in [5.41, 5.74) is 9.31. The van der Waals surface area contributed by atoms with Gasteiger partial charge in [0, 0.05) is 23.5 Å². The van der Waals surface area contributed by atoms with E-state index in [1.165, 1.54) is 0 Å². The number of hydrogen-bond donors (Lipinski definition) is 2. The molecule has 1 fully saturated rings. The highest BCUT2D eigenvalue weighted by molar-refractivity contribution is 6.31. The van der Waals surface area contributed by atoms with E-state index in [-0.39, 0.29) is 5.82 Å². The molecule has 0 saturated carbocycles. The zero-order valence-corrected chi connectivity index (χ0v) is 19.3. The van der Waals surface area contributed by atoms with Crippen molar-refractivity contribution in [3.8, 4) is 22.6 Å². The molecule has 1 saturated heterocycles. The van der Waals surface area contributed by atoms with Crippen LogP contribution in [0.15, 0.2) is 47.5 Å². The summed E-state index contributed by atoms with van der Waals surface area (Å²) in [6.45, 7) is 3.90. The van der Waals surface area contributed by atoms with Gasteiger partial charge in [-0.05, 0) is 45.0 Å². The molecule has 0 aliphatic carbocycles. The molecule has 1 unspecified atom stereocenters. The van der Waals surface area contributed by atoms with E-state index in [1.807, 2.05) is 29.9 Å². The molecule has 0 spiro atoms. The van der Waals surface area contributed by atoms with Gasteiger partial charge in [0.15, 0.2) is 11.4 Å². The first-order valence-corrected chi connectivity index (χ1v) is 11.3. The van der Waals surface area contributed by atoms with Crippen LogP contribution in [-0.2, 0) is 0 Å². The van der Waals surface area contributed by atoms with E-state index >= 15 is 0 Å². The Kier molecular flexibility index (Phi) is 5.86. The molecule has 5 rings (SSSR count). The van der Waals surface area contributed by atoms with Gasteiger partial charge in [0.2, 0.25) is 5.75 Å². The summed E-state index contributed by atoms with van der Waals surface area (Å²) < 4.78 is 19.7. The smallest absolute Gasteiger partial charge is 0.205 e. The van der Waals surface area contributed by atoms with Gasteiger partial charge < -0.3 is 24.9 Å². The Balaban J connectivity index is 1.48. The number of fused-ring (bicyclic) bond motifs is 1. The highest BCUT2D eigenvalue weighted by Gasteiger charge is 2.23. The molecule has 1 aliphatic heterocycles. The molecule has 1 aromatic carbocycles. The number of benzene rings is 1. The van der Waals surface area contributed by atoms with Crippen molar-refractivity contribution in [3.63, 3.8) is 0 Å². The summed E-state index contributed by atoms with van der Waals surface area (Å²) in [6, 6.07) is 5.87. The number of anilines is 1. The molecule has 1 aliphatic rings. The normalized spacial score (nSPS) is 15.6. The van der Waals surface area contributed by atoms with E-state index < -0.39 is 6.10 Å². The predicted octanol–water partition coefficient (Wildman–Crippen LogP) is 5.00. The Hall–Kier alpha value is -3.23. The van der Waals surface area contributed by atoms with Gasteiger partial charge in [-0.2, -0.15) is 5.10 Å². The molecule has 4 heterocycles. The Bertz CT molecular complexity index is 1280. The second kappa shape index (κ2) is 8.96. The maximum atomic E-state index is 6.43.